The molecule has 5 nitrogen and oxygen atoms in total. The summed E-state index contributed by atoms with van der Waals surface area (Å²) in [6, 6.07) is 9.03. The van der Waals surface area contributed by atoms with Gasteiger partial charge >= 0.3 is 0 Å². The molecule has 0 saturated carbocycles. The Morgan fingerprint density at radius 3 is 2.54 bits per heavy atom. The topological polar surface area (TPSA) is 54.0 Å². The first kappa shape index (κ1) is 19.5. The summed E-state index contributed by atoms with van der Waals surface area (Å²) >= 11 is 0. The number of hydrogen-bond acceptors (Lipinski definition) is 5. The third-order valence-electron chi connectivity index (χ3n) is 4.49. The van der Waals surface area contributed by atoms with Gasteiger partial charge in [0.2, 0.25) is 5.78 Å². The van der Waals surface area contributed by atoms with Crippen LogP contribution in [0, 0.1) is 6.92 Å². The lowest BCUT2D eigenvalue weighted by Crippen LogP contribution is -1.99. The Bertz CT molecular complexity index is 965. The number of carbonyl (C=O) groups excluding carboxylic acids is 1. The molecular weight excluding hydrogens is 356 g/mol. The molecule has 0 aliphatic carbocycles. The van der Waals surface area contributed by atoms with Crippen LogP contribution in [0.5, 0.6) is 23.0 Å². The molecule has 1 aliphatic rings. The number of hydrogen-bond donors (Lipinski definition) is 0. The van der Waals surface area contributed by atoms with Crippen LogP contribution in [0.2, 0.25) is 0 Å². The number of carbonyl (C=O) groups is 1. The largest absolute Gasteiger partial charge is 0.493 e. The fourth-order valence-electron chi connectivity index (χ4n) is 2.99. The fourth-order valence-corrected chi connectivity index (χ4v) is 2.99. The van der Waals surface area contributed by atoms with Gasteiger partial charge in [0.1, 0.15) is 18.1 Å². The van der Waals surface area contributed by atoms with Gasteiger partial charge in [-0.05, 0) is 51.1 Å². The molecule has 1 aliphatic heterocycles. The zero-order valence-corrected chi connectivity index (χ0v) is 16.8. The number of Topliss-reactive ketones (excluding diaryl/α,β-unsaturated/α-hetero) is 1. The van der Waals surface area contributed by atoms with E-state index in [0.29, 0.717) is 40.7 Å². The van der Waals surface area contributed by atoms with E-state index in [1.165, 1.54) is 5.57 Å². The van der Waals surface area contributed by atoms with Gasteiger partial charge in [0, 0.05) is 11.1 Å². The van der Waals surface area contributed by atoms with Gasteiger partial charge in [-0.2, -0.15) is 0 Å². The van der Waals surface area contributed by atoms with Crippen LogP contribution >= 0.6 is 0 Å². The van der Waals surface area contributed by atoms with Crippen molar-refractivity contribution in [2.75, 3.05) is 20.8 Å². The van der Waals surface area contributed by atoms with E-state index < -0.39 is 0 Å². The summed E-state index contributed by atoms with van der Waals surface area (Å²) in [5.41, 5.74) is 3.22. The zero-order chi connectivity index (χ0) is 20.3. The van der Waals surface area contributed by atoms with E-state index in [2.05, 4.69) is 0 Å². The number of ketones is 1. The lowest BCUT2D eigenvalue weighted by Gasteiger charge is -2.11. The molecule has 0 unspecified atom stereocenters. The summed E-state index contributed by atoms with van der Waals surface area (Å²) in [6.07, 6.45) is 3.67. The third-order valence-corrected chi connectivity index (χ3v) is 4.49. The summed E-state index contributed by atoms with van der Waals surface area (Å²) in [5, 5.41) is 0. The Balaban J connectivity index is 1.93. The summed E-state index contributed by atoms with van der Waals surface area (Å²) in [4.78, 5) is 12.8. The highest BCUT2D eigenvalue weighted by Gasteiger charge is 2.30. The van der Waals surface area contributed by atoms with E-state index in [-0.39, 0.29) is 11.5 Å². The number of allylic oxidation sites excluding steroid dienone is 2. The Kier molecular flexibility index (Phi) is 5.73. The molecule has 146 valence electrons. The van der Waals surface area contributed by atoms with E-state index in [4.69, 9.17) is 18.9 Å². The predicted molar refractivity (Wildman–Crippen MR) is 109 cm³/mol. The SMILES string of the molecule is COc1cccc(/C=C2\Oc3c(ccc(OCC=C(C)C)c3C)C2=O)c1OC. The average Bonchev–Trinajstić information content (AvgIpc) is 2.99. The Morgan fingerprint density at radius 1 is 1.07 bits per heavy atom. The molecule has 28 heavy (non-hydrogen) atoms. The van der Waals surface area contributed by atoms with Crippen molar-refractivity contribution in [3.8, 4) is 23.0 Å². The first-order chi connectivity index (χ1) is 13.5. The number of rotatable bonds is 6. The van der Waals surface area contributed by atoms with Crippen LogP contribution in [-0.4, -0.2) is 26.6 Å². The number of ether oxygens (including phenoxy) is 4. The summed E-state index contributed by atoms with van der Waals surface area (Å²) in [5.74, 6) is 2.44. The van der Waals surface area contributed by atoms with Gasteiger partial charge in [-0.3, -0.25) is 4.79 Å². The molecular formula is C23H24O5. The number of para-hydroxylation sites is 1. The summed E-state index contributed by atoms with van der Waals surface area (Å²) in [6.45, 7) is 6.40. The second-order valence-corrected chi connectivity index (χ2v) is 6.68. The molecule has 0 spiro atoms. The normalized spacial score (nSPS) is 13.8. The molecule has 0 saturated heterocycles. The second kappa shape index (κ2) is 8.21. The van der Waals surface area contributed by atoms with Crippen molar-refractivity contribution in [3.05, 3.63) is 64.4 Å². The van der Waals surface area contributed by atoms with Crippen molar-refractivity contribution in [3.63, 3.8) is 0 Å². The molecule has 3 rings (SSSR count). The first-order valence-corrected chi connectivity index (χ1v) is 9.01. The van der Waals surface area contributed by atoms with Crippen LogP contribution in [0.3, 0.4) is 0 Å². The molecule has 0 radical (unpaired) electrons. The van der Waals surface area contributed by atoms with Crippen LogP contribution in [0.1, 0.15) is 35.3 Å². The predicted octanol–water partition coefficient (Wildman–Crippen LogP) is 4.97. The second-order valence-electron chi connectivity index (χ2n) is 6.68. The molecule has 0 atom stereocenters. The fraction of sp³-hybridized carbons (Fsp3) is 0.261. The number of methoxy groups -OCH3 is 2. The molecule has 0 N–H and O–H groups in total. The van der Waals surface area contributed by atoms with Crippen LogP contribution in [0.25, 0.3) is 6.08 Å². The van der Waals surface area contributed by atoms with E-state index in [9.17, 15) is 4.79 Å². The van der Waals surface area contributed by atoms with Crippen LogP contribution in [0.15, 0.2) is 47.7 Å². The maximum Gasteiger partial charge on any atom is 0.231 e. The minimum atomic E-state index is -0.168. The van der Waals surface area contributed by atoms with E-state index in [1.54, 1.807) is 32.4 Å². The lowest BCUT2D eigenvalue weighted by molar-refractivity contribution is 0.101. The molecule has 0 amide bonds. The Hall–Kier alpha value is -3.21. The van der Waals surface area contributed by atoms with Gasteiger partial charge in [-0.25, -0.2) is 0 Å². The third kappa shape index (κ3) is 3.74. The summed E-state index contributed by atoms with van der Waals surface area (Å²) in [7, 11) is 3.13. The maximum absolute atomic E-state index is 12.8. The first-order valence-electron chi connectivity index (χ1n) is 9.01. The van der Waals surface area contributed by atoms with Crippen LogP contribution in [-0.2, 0) is 0 Å². The van der Waals surface area contributed by atoms with E-state index in [0.717, 1.165) is 5.56 Å². The van der Waals surface area contributed by atoms with Crippen molar-refractivity contribution in [1.29, 1.82) is 0 Å². The molecule has 5 heteroatoms. The smallest absolute Gasteiger partial charge is 0.231 e. The molecule has 2 aromatic carbocycles. The maximum atomic E-state index is 12.8. The average molecular weight is 380 g/mol. The Labute approximate surface area is 165 Å². The van der Waals surface area contributed by atoms with Gasteiger partial charge < -0.3 is 18.9 Å². The van der Waals surface area contributed by atoms with E-state index in [1.807, 2.05) is 45.0 Å². The zero-order valence-electron chi connectivity index (χ0n) is 16.8. The summed E-state index contributed by atoms with van der Waals surface area (Å²) < 4.78 is 22.5. The van der Waals surface area contributed by atoms with Gasteiger partial charge in [-0.1, -0.05) is 17.7 Å². The minimum absolute atomic E-state index is 0.168. The van der Waals surface area contributed by atoms with Crippen molar-refractivity contribution in [2.45, 2.75) is 20.8 Å². The quantitative estimate of drug-likeness (QED) is 0.523. The molecule has 0 aromatic heterocycles. The van der Waals surface area contributed by atoms with Gasteiger partial charge in [-0.15, -0.1) is 0 Å². The van der Waals surface area contributed by atoms with Crippen molar-refractivity contribution in [2.24, 2.45) is 0 Å². The monoisotopic (exact) mass is 380 g/mol. The molecule has 1 heterocycles. The van der Waals surface area contributed by atoms with E-state index >= 15 is 0 Å². The lowest BCUT2D eigenvalue weighted by atomic mass is 10.1. The minimum Gasteiger partial charge on any atom is -0.493 e. The van der Waals surface area contributed by atoms with Crippen molar-refractivity contribution < 1.29 is 23.7 Å². The van der Waals surface area contributed by atoms with Gasteiger partial charge in [0.15, 0.2) is 17.3 Å². The van der Waals surface area contributed by atoms with Gasteiger partial charge in [0.05, 0.1) is 19.8 Å². The Morgan fingerprint density at radius 2 is 1.86 bits per heavy atom. The molecule has 0 bridgehead atoms. The molecule has 0 fully saturated rings. The van der Waals surface area contributed by atoms with Crippen molar-refractivity contribution in [1.82, 2.24) is 0 Å². The van der Waals surface area contributed by atoms with Crippen LogP contribution < -0.4 is 18.9 Å². The highest BCUT2D eigenvalue weighted by molar-refractivity contribution is 6.15. The van der Waals surface area contributed by atoms with Crippen molar-refractivity contribution >= 4 is 11.9 Å². The highest BCUT2D eigenvalue weighted by atomic mass is 16.5. The van der Waals surface area contributed by atoms with Gasteiger partial charge in [0.25, 0.3) is 0 Å². The van der Waals surface area contributed by atoms with Crippen LogP contribution in [0.4, 0.5) is 0 Å². The standard InChI is InChI=1S/C23H24O5/c1-14(2)11-12-27-18-10-9-17-21(24)20(28-22(17)15(18)3)13-16-7-6-8-19(25-4)23(16)26-5/h6-11,13H,12H2,1-5H3/b20-13-. The molecule has 2 aromatic rings. The number of benzene rings is 2. The number of fused-ring (bicyclic) bond motifs is 1. The highest BCUT2D eigenvalue weighted by Crippen LogP contribution is 2.40.